The summed E-state index contributed by atoms with van der Waals surface area (Å²) in [4.78, 5) is 12.7. The number of carboxylic acid groups (broad SMARTS) is 1. The van der Waals surface area contributed by atoms with Crippen molar-refractivity contribution in [3.8, 4) is 0 Å². The first-order valence-corrected chi connectivity index (χ1v) is 5.88. The van der Waals surface area contributed by atoms with E-state index in [1.54, 1.807) is 12.1 Å². The number of halogens is 1. The van der Waals surface area contributed by atoms with Crippen molar-refractivity contribution >= 4 is 5.97 Å². The molecule has 0 aliphatic rings. The molecule has 0 radical (unpaired) electrons. The van der Waals surface area contributed by atoms with Gasteiger partial charge < -0.3 is 5.11 Å². The molecule has 0 heterocycles. The lowest BCUT2D eigenvalue weighted by molar-refractivity contribution is -0.132. The van der Waals surface area contributed by atoms with Crippen LogP contribution in [0.25, 0.3) is 0 Å². The normalized spacial score (nSPS) is 11.9. The topological polar surface area (TPSA) is 40.5 Å². The average molecular weight is 251 g/mol. The SMILES string of the molecule is CCC(=CCN(C)Cc1cccc(F)c1)C(=O)O. The summed E-state index contributed by atoms with van der Waals surface area (Å²) in [5, 5.41) is 8.88. The Morgan fingerprint density at radius 3 is 2.78 bits per heavy atom. The van der Waals surface area contributed by atoms with Crippen LogP contribution in [0.4, 0.5) is 4.39 Å². The molecule has 0 saturated heterocycles. The number of carboxylic acids is 1. The standard InChI is InChI=1S/C14H18FNO2/c1-3-12(14(17)18)7-8-16(2)10-11-5-4-6-13(15)9-11/h4-7,9H,3,8,10H2,1-2H3,(H,17,18). The Hall–Kier alpha value is -1.68. The van der Waals surface area contributed by atoms with Gasteiger partial charge in [-0.1, -0.05) is 25.1 Å². The maximum absolute atomic E-state index is 13.0. The maximum atomic E-state index is 13.0. The fraction of sp³-hybridized carbons (Fsp3) is 0.357. The molecule has 98 valence electrons. The highest BCUT2D eigenvalue weighted by Crippen LogP contribution is 2.07. The minimum Gasteiger partial charge on any atom is -0.478 e. The predicted octanol–water partition coefficient (Wildman–Crippen LogP) is 2.68. The summed E-state index contributed by atoms with van der Waals surface area (Å²) >= 11 is 0. The summed E-state index contributed by atoms with van der Waals surface area (Å²) < 4.78 is 13.0. The molecule has 0 spiro atoms. The number of nitrogens with zero attached hydrogens (tertiary/aromatic N) is 1. The minimum atomic E-state index is -0.878. The monoisotopic (exact) mass is 251 g/mol. The Morgan fingerprint density at radius 1 is 1.50 bits per heavy atom. The maximum Gasteiger partial charge on any atom is 0.331 e. The summed E-state index contributed by atoms with van der Waals surface area (Å²) in [7, 11) is 1.87. The van der Waals surface area contributed by atoms with Gasteiger partial charge in [-0.15, -0.1) is 0 Å². The van der Waals surface area contributed by atoms with Crippen LogP contribution in [0.5, 0.6) is 0 Å². The lowest BCUT2D eigenvalue weighted by atomic mass is 10.2. The number of benzene rings is 1. The van der Waals surface area contributed by atoms with Crippen LogP contribution >= 0.6 is 0 Å². The van der Waals surface area contributed by atoms with Gasteiger partial charge in [0.2, 0.25) is 0 Å². The molecule has 0 unspecified atom stereocenters. The molecule has 0 bridgehead atoms. The van der Waals surface area contributed by atoms with Crippen molar-refractivity contribution in [3.05, 3.63) is 47.3 Å². The van der Waals surface area contributed by atoms with Gasteiger partial charge in [-0.25, -0.2) is 9.18 Å². The van der Waals surface area contributed by atoms with E-state index in [9.17, 15) is 9.18 Å². The van der Waals surface area contributed by atoms with E-state index in [1.807, 2.05) is 24.9 Å². The summed E-state index contributed by atoms with van der Waals surface area (Å²) in [6.45, 7) is 2.93. The predicted molar refractivity (Wildman–Crippen MR) is 68.7 cm³/mol. The van der Waals surface area contributed by atoms with E-state index in [0.717, 1.165) is 5.56 Å². The lowest BCUT2D eigenvalue weighted by Gasteiger charge is -2.14. The van der Waals surface area contributed by atoms with E-state index in [-0.39, 0.29) is 5.82 Å². The molecule has 0 aliphatic carbocycles. The number of hydrogen-bond acceptors (Lipinski definition) is 2. The molecule has 4 heteroatoms. The second kappa shape index (κ2) is 6.91. The van der Waals surface area contributed by atoms with E-state index in [1.165, 1.54) is 12.1 Å². The van der Waals surface area contributed by atoms with Crippen molar-refractivity contribution in [2.24, 2.45) is 0 Å². The highest BCUT2D eigenvalue weighted by molar-refractivity contribution is 5.86. The van der Waals surface area contributed by atoms with Gasteiger partial charge in [0.05, 0.1) is 0 Å². The molecular weight excluding hydrogens is 233 g/mol. The third-order valence-corrected chi connectivity index (χ3v) is 2.65. The molecular formula is C14H18FNO2. The lowest BCUT2D eigenvalue weighted by Crippen LogP contribution is -2.18. The Kier molecular flexibility index (Phi) is 5.52. The molecule has 0 saturated carbocycles. The largest absolute Gasteiger partial charge is 0.478 e. The number of rotatable bonds is 6. The third-order valence-electron chi connectivity index (χ3n) is 2.65. The number of carbonyl (C=O) groups is 1. The first-order valence-electron chi connectivity index (χ1n) is 5.88. The van der Waals surface area contributed by atoms with Crippen LogP contribution in [-0.2, 0) is 11.3 Å². The van der Waals surface area contributed by atoms with Crippen LogP contribution in [0, 0.1) is 5.82 Å². The summed E-state index contributed by atoms with van der Waals surface area (Å²) in [6.07, 6.45) is 2.20. The van der Waals surface area contributed by atoms with Crippen LogP contribution in [0.2, 0.25) is 0 Å². The van der Waals surface area contributed by atoms with Crippen molar-refractivity contribution in [1.29, 1.82) is 0 Å². The van der Waals surface area contributed by atoms with E-state index >= 15 is 0 Å². The minimum absolute atomic E-state index is 0.253. The average Bonchev–Trinajstić information content (AvgIpc) is 2.29. The molecule has 0 fully saturated rings. The van der Waals surface area contributed by atoms with Crippen molar-refractivity contribution in [1.82, 2.24) is 4.90 Å². The molecule has 18 heavy (non-hydrogen) atoms. The van der Waals surface area contributed by atoms with Crippen LogP contribution in [0.1, 0.15) is 18.9 Å². The smallest absolute Gasteiger partial charge is 0.331 e. The molecule has 0 atom stereocenters. The molecule has 1 rings (SSSR count). The van der Waals surface area contributed by atoms with Gasteiger partial charge in [0.1, 0.15) is 5.82 Å². The quantitative estimate of drug-likeness (QED) is 0.790. The zero-order valence-corrected chi connectivity index (χ0v) is 10.7. The molecule has 1 aromatic carbocycles. The second-order valence-corrected chi connectivity index (χ2v) is 4.21. The first-order chi connectivity index (χ1) is 8.52. The molecule has 1 aromatic rings. The third kappa shape index (κ3) is 4.67. The van der Waals surface area contributed by atoms with Gasteiger partial charge in [0.25, 0.3) is 0 Å². The van der Waals surface area contributed by atoms with E-state index in [0.29, 0.717) is 25.1 Å². The van der Waals surface area contributed by atoms with Crippen molar-refractivity contribution < 1.29 is 14.3 Å². The van der Waals surface area contributed by atoms with Gasteiger partial charge >= 0.3 is 5.97 Å². The number of aliphatic carboxylic acids is 1. The van der Waals surface area contributed by atoms with Gasteiger partial charge in [0.15, 0.2) is 0 Å². The van der Waals surface area contributed by atoms with E-state index < -0.39 is 5.97 Å². The highest BCUT2D eigenvalue weighted by atomic mass is 19.1. The van der Waals surface area contributed by atoms with Crippen LogP contribution in [0.3, 0.4) is 0 Å². The molecule has 1 N–H and O–H groups in total. The molecule has 0 amide bonds. The molecule has 0 aliphatic heterocycles. The van der Waals surface area contributed by atoms with Gasteiger partial charge in [-0.2, -0.15) is 0 Å². The van der Waals surface area contributed by atoms with Gasteiger partial charge in [-0.3, -0.25) is 4.90 Å². The molecule has 0 aromatic heterocycles. The first kappa shape index (κ1) is 14.4. The molecule has 3 nitrogen and oxygen atoms in total. The van der Waals surface area contributed by atoms with Crippen LogP contribution in [-0.4, -0.2) is 29.6 Å². The van der Waals surface area contributed by atoms with Crippen molar-refractivity contribution in [2.45, 2.75) is 19.9 Å². The van der Waals surface area contributed by atoms with Crippen LogP contribution < -0.4 is 0 Å². The Morgan fingerprint density at radius 2 is 2.22 bits per heavy atom. The Labute approximate surface area is 107 Å². The number of likely N-dealkylation sites (N-methyl/N-ethyl adjacent to an activating group) is 1. The summed E-state index contributed by atoms with van der Waals surface area (Å²) in [5.74, 6) is -1.13. The fourth-order valence-corrected chi connectivity index (χ4v) is 1.66. The van der Waals surface area contributed by atoms with Gasteiger partial charge in [0, 0.05) is 18.7 Å². The number of hydrogen-bond donors (Lipinski definition) is 1. The Bertz CT molecular complexity index is 443. The van der Waals surface area contributed by atoms with E-state index in [2.05, 4.69) is 0 Å². The highest BCUT2D eigenvalue weighted by Gasteiger charge is 2.05. The summed E-state index contributed by atoms with van der Waals surface area (Å²) in [6, 6.07) is 6.41. The zero-order valence-electron chi connectivity index (χ0n) is 10.7. The summed E-state index contributed by atoms with van der Waals surface area (Å²) in [5.41, 5.74) is 1.28. The van der Waals surface area contributed by atoms with Gasteiger partial charge in [-0.05, 0) is 31.2 Å². The van der Waals surface area contributed by atoms with Crippen molar-refractivity contribution in [3.63, 3.8) is 0 Å². The van der Waals surface area contributed by atoms with Crippen LogP contribution in [0.15, 0.2) is 35.9 Å². The van der Waals surface area contributed by atoms with E-state index in [4.69, 9.17) is 5.11 Å². The second-order valence-electron chi connectivity index (χ2n) is 4.21. The zero-order chi connectivity index (χ0) is 13.5. The van der Waals surface area contributed by atoms with Crippen molar-refractivity contribution in [2.75, 3.05) is 13.6 Å². The fourth-order valence-electron chi connectivity index (χ4n) is 1.66. The Balaban J connectivity index is 2.56.